The van der Waals surface area contributed by atoms with Gasteiger partial charge in [-0.1, -0.05) is 20.8 Å². The molecule has 1 heterocycles. The molecule has 0 aliphatic rings. The van der Waals surface area contributed by atoms with E-state index < -0.39 is 6.04 Å². The molecule has 14 heavy (non-hydrogen) atoms. The Bertz CT molecular complexity index is 244. The Morgan fingerprint density at radius 3 is 2.71 bits per heavy atom. The minimum Gasteiger partial charge on any atom is -0.348 e. The van der Waals surface area contributed by atoms with Crippen LogP contribution in [-0.2, 0) is 11.2 Å². The molecule has 1 rings (SSSR count). The maximum atomic E-state index is 11.1. The summed E-state index contributed by atoms with van der Waals surface area (Å²) >= 11 is 0. The van der Waals surface area contributed by atoms with Gasteiger partial charge in [0.25, 0.3) is 0 Å². The zero-order chi connectivity index (χ0) is 11.0. The van der Waals surface area contributed by atoms with E-state index in [0.717, 1.165) is 5.69 Å². The molecule has 0 aliphatic carbocycles. The van der Waals surface area contributed by atoms with Crippen LogP contribution in [0.5, 0.6) is 0 Å². The quantitative estimate of drug-likeness (QED) is 0.763. The Balaban J connectivity index is 0.000000791. The Kier molecular flexibility index (Phi) is 6.66. The van der Waals surface area contributed by atoms with Crippen molar-refractivity contribution in [1.82, 2.24) is 9.97 Å². The number of H-pyrrole nitrogens is 1. The van der Waals surface area contributed by atoms with E-state index in [1.54, 1.807) is 12.5 Å². The zero-order valence-corrected chi connectivity index (χ0v) is 9.08. The van der Waals surface area contributed by atoms with Gasteiger partial charge in [0, 0.05) is 24.7 Å². The zero-order valence-electron chi connectivity index (χ0n) is 9.08. The molecule has 0 saturated heterocycles. The lowest BCUT2D eigenvalue weighted by molar-refractivity contribution is -0.119. The third-order valence-corrected chi connectivity index (χ3v) is 1.76. The van der Waals surface area contributed by atoms with Crippen molar-refractivity contribution >= 4 is 5.78 Å². The number of aromatic amines is 1. The second-order valence-corrected chi connectivity index (χ2v) is 2.71. The highest BCUT2D eigenvalue weighted by atomic mass is 16.1. The topological polar surface area (TPSA) is 71.8 Å². The first kappa shape index (κ1) is 12.8. The summed E-state index contributed by atoms with van der Waals surface area (Å²) in [7, 11) is 0. The number of ketones is 1. The molecule has 0 radical (unpaired) electrons. The van der Waals surface area contributed by atoms with E-state index in [2.05, 4.69) is 9.97 Å². The van der Waals surface area contributed by atoms with Crippen LogP contribution < -0.4 is 5.73 Å². The van der Waals surface area contributed by atoms with Gasteiger partial charge in [-0.3, -0.25) is 4.79 Å². The van der Waals surface area contributed by atoms with Crippen molar-refractivity contribution in [1.29, 1.82) is 0 Å². The number of nitrogens with one attached hydrogen (secondary N) is 1. The van der Waals surface area contributed by atoms with Crippen LogP contribution in [0.1, 0.15) is 32.9 Å². The molecular formula is C10H19N3O. The molecule has 4 nitrogen and oxygen atoms in total. The first-order chi connectivity index (χ1) is 6.74. The fourth-order valence-electron chi connectivity index (χ4n) is 1.01. The highest BCUT2D eigenvalue weighted by Gasteiger charge is 2.11. The first-order valence-electron chi connectivity index (χ1n) is 4.99. The molecule has 0 bridgehead atoms. The van der Waals surface area contributed by atoms with Crippen LogP contribution in [0, 0.1) is 0 Å². The van der Waals surface area contributed by atoms with Crippen LogP contribution >= 0.6 is 0 Å². The molecule has 1 aromatic rings. The highest BCUT2D eigenvalue weighted by Crippen LogP contribution is 1.98. The summed E-state index contributed by atoms with van der Waals surface area (Å²) in [5, 5.41) is 0. The predicted molar refractivity (Wildman–Crippen MR) is 56.9 cm³/mol. The number of carbonyl (C=O) groups is 1. The summed E-state index contributed by atoms with van der Waals surface area (Å²) < 4.78 is 0. The van der Waals surface area contributed by atoms with Crippen LogP contribution in [0.3, 0.4) is 0 Å². The maximum absolute atomic E-state index is 11.1. The fourth-order valence-corrected chi connectivity index (χ4v) is 1.01. The number of imidazole rings is 1. The molecule has 80 valence electrons. The van der Waals surface area contributed by atoms with Crippen LogP contribution in [-0.4, -0.2) is 21.8 Å². The largest absolute Gasteiger partial charge is 0.348 e. The highest BCUT2D eigenvalue weighted by molar-refractivity contribution is 5.83. The van der Waals surface area contributed by atoms with Gasteiger partial charge in [-0.05, 0) is 0 Å². The van der Waals surface area contributed by atoms with Gasteiger partial charge in [0.05, 0.1) is 12.4 Å². The molecule has 4 heteroatoms. The monoisotopic (exact) mass is 197 g/mol. The number of aromatic nitrogens is 2. The van der Waals surface area contributed by atoms with E-state index in [1.165, 1.54) is 0 Å². The number of nitrogens with zero attached hydrogens (tertiary/aromatic N) is 1. The van der Waals surface area contributed by atoms with Gasteiger partial charge in [-0.25, -0.2) is 4.98 Å². The number of carbonyl (C=O) groups excluding carboxylic acids is 1. The molecule has 1 unspecified atom stereocenters. The number of Topliss-reactive ketones (excluding diaryl/α,β-unsaturated/α-hetero) is 1. The van der Waals surface area contributed by atoms with Crippen molar-refractivity contribution in [3.8, 4) is 0 Å². The lowest BCUT2D eigenvalue weighted by Crippen LogP contribution is -2.32. The predicted octanol–water partition coefficient (Wildman–Crippen LogP) is 1.28. The Labute approximate surface area is 84.9 Å². The molecule has 0 spiro atoms. The molecule has 1 aromatic heterocycles. The molecule has 1 atom stereocenters. The Morgan fingerprint density at radius 1 is 1.64 bits per heavy atom. The van der Waals surface area contributed by atoms with Crippen LogP contribution in [0.4, 0.5) is 0 Å². The number of hydrogen-bond donors (Lipinski definition) is 2. The van der Waals surface area contributed by atoms with Crippen LogP contribution in [0.2, 0.25) is 0 Å². The van der Waals surface area contributed by atoms with Crippen LogP contribution in [0.15, 0.2) is 12.5 Å². The second-order valence-electron chi connectivity index (χ2n) is 2.71. The van der Waals surface area contributed by atoms with E-state index in [-0.39, 0.29) is 5.78 Å². The molecule has 3 N–H and O–H groups in total. The number of rotatable bonds is 4. The summed E-state index contributed by atoms with van der Waals surface area (Å²) in [5.41, 5.74) is 6.53. The Morgan fingerprint density at radius 2 is 2.29 bits per heavy atom. The van der Waals surface area contributed by atoms with Gasteiger partial charge >= 0.3 is 0 Å². The standard InChI is InChI=1S/C8H13N3O.C2H6/c1-2-8(12)7(9)3-6-4-10-5-11-6;1-2/h4-5,7H,2-3,9H2,1H3,(H,10,11);1-2H3. The van der Waals surface area contributed by atoms with Crippen molar-refractivity contribution < 1.29 is 4.79 Å². The summed E-state index contributed by atoms with van der Waals surface area (Å²) in [5.74, 6) is 0.0876. The van der Waals surface area contributed by atoms with Crippen molar-refractivity contribution in [3.63, 3.8) is 0 Å². The second kappa shape index (κ2) is 7.26. The third-order valence-electron chi connectivity index (χ3n) is 1.76. The van der Waals surface area contributed by atoms with E-state index in [1.807, 2.05) is 20.8 Å². The SMILES string of the molecule is CC.CCC(=O)C(N)Cc1cnc[nH]1. The summed E-state index contributed by atoms with van der Waals surface area (Å²) in [6.07, 6.45) is 4.31. The van der Waals surface area contributed by atoms with E-state index in [9.17, 15) is 4.79 Å². The van der Waals surface area contributed by atoms with Crippen molar-refractivity contribution in [3.05, 3.63) is 18.2 Å². The van der Waals surface area contributed by atoms with Gasteiger partial charge in [-0.2, -0.15) is 0 Å². The lowest BCUT2D eigenvalue weighted by atomic mass is 10.1. The number of hydrogen-bond acceptors (Lipinski definition) is 3. The van der Waals surface area contributed by atoms with Gasteiger partial charge in [0.1, 0.15) is 5.78 Å². The smallest absolute Gasteiger partial charge is 0.149 e. The van der Waals surface area contributed by atoms with Crippen molar-refractivity contribution in [2.75, 3.05) is 0 Å². The van der Waals surface area contributed by atoms with Crippen molar-refractivity contribution in [2.45, 2.75) is 39.7 Å². The number of nitrogens with two attached hydrogens (primary N) is 1. The van der Waals surface area contributed by atoms with E-state index in [0.29, 0.717) is 12.8 Å². The molecule has 0 amide bonds. The normalized spacial score (nSPS) is 11.4. The molecule has 0 fully saturated rings. The summed E-state index contributed by atoms with van der Waals surface area (Å²) in [6.45, 7) is 5.81. The van der Waals surface area contributed by atoms with E-state index >= 15 is 0 Å². The van der Waals surface area contributed by atoms with Gasteiger partial charge in [-0.15, -0.1) is 0 Å². The molecule has 0 aliphatic heterocycles. The molecular weight excluding hydrogens is 178 g/mol. The lowest BCUT2D eigenvalue weighted by Gasteiger charge is -2.06. The first-order valence-corrected chi connectivity index (χ1v) is 4.99. The minimum absolute atomic E-state index is 0.0876. The Hall–Kier alpha value is -1.16. The van der Waals surface area contributed by atoms with Gasteiger partial charge in [0.2, 0.25) is 0 Å². The fraction of sp³-hybridized carbons (Fsp3) is 0.600. The molecule has 0 saturated carbocycles. The minimum atomic E-state index is -0.393. The van der Waals surface area contributed by atoms with Gasteiger partial charge < -0.3 is 10.7 Å². The summed E-state index contributed by atoms with van der Waals surface area (Å²) in [4.78, 5) is 17.8. The average Bonchev–Trinajstić information content (AvgIpc) is 2.72. The maximum Gasteiger partial charge on any atom is 0.149 e. The third kappa shape index (κ3) is 4.18. The van der Waals surface area contributed by atoms with Crippen molar-refractivity contribution in [2.24, 2.45) is 5.73 Å². The average molecular weight is 197 g/mol. The molecule has 0 aromatic carbocycles. The van der Waals surface area contributed by atoms with Crippen LogP contribution in [0.25, 0.3) is 0 Å². The van der Waals surface area contributed by atoms with E-state index in [4.69, 9.17) is 5.73 Å². The summed E-state index contributed by atoms with van der Waals surface area (Å²) in [6, 6.07) is -0.393. The van der Waals surface area contributed by atoms with Gasteiger partial charge in [0.15, 0.2) is 0 Å².